The molecule has 0 saturated carbocycles. The highest BCUT2D eigenvalue weighted by Gasteiger charge is 2.19. The van der Waals surface area contributed by atoms with Crippen LogP contribution in [0.25, 0.3) is 0 Å². The summed E-state index contributed by atoms with van der Waals surface area (Å²) >= 11 is 13.2. The van der Waals surface area contributed by atoms with Crippen molar-refractivity contribution < 1.29 is 4.42 Å². The molecule has 0 aromatic carbocycles. The molecule has 2 heterocycles. The summed E-state index contributed by atoms with van der Waals surface area (Å²) < 4.78 is 5.73. The monoisotopic (exact) mass is 262 g/mol. The first-order valence-electron chi connectivity index (χ1n) is 4.16. The number of hydrogen-bond acceptors (Lipinski definition) is 4. The van der Waals surface area contributed by atoms with Gasteiger partial charge in [-0.15, -0.1) is 11.3 Å². The summed E-state index contributed by atoms with van der Waals surface area (Å²) in [7, 11) is 0. The molecule has 0 aliphatic rings. The third-order valence-corrected chi connectivity index (χ3v) is 3.61. The Balaban J connectivity index is 2.36. The molecular weight excluding hydrogens is 255 g/mol. The van der Waals surface area contributed by atoms with Crippen LogP contribution in [0, 0.1) is 0 Å². The highest BCUT2D eigenvalue weighted by molar-refractivity contribution is 7.16. The molecule has 2 aromatic rings. The Morgan fingerprint density at radius 3 is 2.60 bits per heavy atom. The van der Waals surface area contributed by atoms with Crippen LogP contribution in [0.3, 0.4) is 0 Å². The van der Waals surface area contributed by atoms with E-state index in [9.17, 15) is 0 Å². The van der Waals surface area contributed by atoms with Gasteiger partial charge < -0.3 is 4.42 Å². The van der Waals surface area contributed by atoms with Gasteiger partial charge in [-0.2, -0.15) is 0 Å². The number of nitrogens with two attached hydrogens (primary N) is 1. The second-order valence-corrected chi connectivity index (χ2v) is 4.98. The summed E-state index contributed by atoms with van der Waals surface area (Å²) in [6.45, 7) is 0. The number of rotatable bonds is 3. The van der Waals surface area contributed by atoms with Crippen LogP contribution in [0.2, 0.25) is 9.56 Å². The molecule has 0 saturated heterocycles. The lowest BCUT2D eigenvalue weighted by Crippen LogP contribution is -2.28. The van der Waals surface area contributed by atoms with Crippen LogP contribution in [-0.2, 0) is 0 Å². The van der Waals surface area contributed by atoms with Gasteiger partial charge in [-0.05, 0) is 29.8 Å². The smallest absolute Gasteiger partial charge is 0.198 e. The normalized spacial score (nSPS) is 13.0. The Bertz CT molecular complexity index is 454. The second kappa shape index (κ2) is 4.55. The average Bonchev–Trinajstić information content (AvgIpc) is 2.79. The summed E-state index contributed by atoms with van der Waals surface area (Å²) in [5.41, 5.74) is 3.49. The van der Waals surface area contributed by atoms with Gasteiger partial charge in [0.25, 0.3) is 0 Å². The van der Waals surface area contributed by atoms with Crippen molar-refractivity contribution in [1.82, 2.24) is 5.43 Å². The van der Waals surface area contributed by atoms with E-state index in [1.54, 1.807) is 6.07 Å². The lowest BCUT2D eigenvalue weighted by Gasteiger charge is -2.12. The first-order valence-corrected chi connectivity index (χ1v) is 5.74. The molecule has 6 heteroatoms. The summed E-state index contributed by atoms with van der Waals surface area (Å²) in [5, 5.41) is 0.336. The molecule has 2 rings (SSSR count). The predicted molar refractivity (Wildman–Crippen MR) is 62.2 cm³/mol. The van der Waals surface area contributed by atoms with Crippen LogP contribution >= 0.6 is 34.5 Å². The topological polar surface area (TPSA) is 51.2 Å². The quantitative estimate of drug-likeness (QED) is 0.660. The minimum atomic E-state index is -0.186. The molecule has 1 unspecified atom stereocenters. The molecule has 0 bridgehead atoms. The molecule has 80 valence electrons. The third-order valence-electron chi connectivity index (χ3n) is 2.00. The second-order valence-electron chi connectivity index (χ2n) is 2.89. The summed E-state index contributed by atoms with van der Waals surface area (Å²) in [5.74, 6) is 5.49. The summed E-state index contributed by atoms with van der Waals surface area (Å²) in [6.07, 6.45) is 1.53. The zero-order valence-corrected chi connectivity index (χ0v) is 9.86. The van der Waals surface area contributed by atoms with Gasteiger partial charge in [-0.25, -0.2) is 5.43 Å². The number of thiophene rings is 1. The molecular formula is C9H8Cl2N2OS. The highest BCUT2D eigenvalue weighted by Crippen LogP contribution is 2.33. The molecule has 0 amide bonds. The minimum Gasteiger partial charge on any atom is -0.453 e. The van der Waals surface area contributed by atoms with Crippen LogP contribution in [0.15, 0.2) is 28.9 Å². The van der Waals surface area contributed by atoms with Gasteiger partial charge in [0.2, 0.25) is 0 Å². The first kappa shape index (κ1) is 11.0. The Hall–Kier alpha value is -0.520. The van der Waals surface area contributed by atoms with Crippen LogP contribution in [-0.4, -0.2) is 0 Å². The Labute approximate surface area is 101 Å². The van der Waals surface area contributed by atoms with E-state index in [1.807, 2.05) is 12.1 Å². The van der Waals surface area contributed by atoms with Crippen molar-refractivity contribution in [3.63, 3.8) is 0 Å². The maximum Gasteiger partial charge on any atom is 0.198 e. The molecule has 0 aliphatic carbocycles. The van der Waals surface area contributed by atoms with Crippen molar-refractivity contribution in [1.29, 1.82) is 0 Å². The Morgan fingerprint density at radius 1 is 1.33 bits per heavy atom. The van der Waals surface area contributed by atoms with E-state index in [4.69, 9.17) is 33.5 Å². The van der Waals surface area contributed by atoms with Crippen molar-refractivity contribution in [2.75, 3.05) is 0 Å². The number of hydrogen-bond donors (Lipinski definition) is 2. The molecule has 2 aromatic heterocycles. The molecule has 0 aliphatic heterocycles. The fourth-order valence-electron chi connectivity index (χ4n) is 1.32. The first-order chi connectivity index (χ1) is 7.22. The van der Waals surface area contributed by atoms with Gasteiger partial charge in [0.05, 0.1) is 16.6 Å². The number of furan rings is 1. The van der Waals surface area contributed by atoms with E-state index in [2.05, 4.69) is 5.43 Å². The third kappa shape index (κ3) is 2.19. The molecule has 15 heavy (non-hydrogen) atoms. The van der Waals surface area contributed by atoms with Gasteiger partial charge in [-0.3, -0.25) is 5.84 Å². The molecule has 1 atom stereocenters. The van der Waals surface area contributed by atoms with E-state index in [0.29, 0.717) is 9.56 Å². The van der Waals surface area contributed by atoms with E-state index >= 15 is 0 Å². The SMILES string of the molecule is NNC(c1ccc(Cl)s1)c1ccoc1Cl. The van der Waals surface area contributed by atoms with Gasteiger partial charge >= 0.3 is 0 Å². The number of hydrazine groups is 1. The van der Waals surface area contributed by atoms with Gasteiger partial charge in [0, 0.05) is 10.4 Å². The van der Waals surface area contributed by atoms with E-state index in [0.717, 1.165) is 10.4 Å². The van der Waals surface area contributed by atoms with Crippen molar-refractivity contribution in [3.05, 3.63) is 44.5 Å². The van der Waals surface area contributed by atoms with Crippen molar-refractivity contribution in [3.8, 4) is 0 Å². The van der Waals surface area contributed by atoms with Crippen molar-refractivity contribution in [2.45, 2.75) is 6.04 Å². The van der Waals surface area contributed by atoms with Crippen LogP contribution in [0.5, 0.6) is 0 Å². The van der Waals surface area contributed by atoms with Crippen LogP contribution in [0.4, 0.5) is 0 Å². The van der Waals surface area contributed by atoms with Gasteiger partial charge in [0.15, 0.2) is 5.22 Å². The molecule has 0 radical (unpaired) electrons. The van der Waals surface area contributed by atoms with Gasteiger partial charge in [0.1, 0.15) is 0 Å². The summed E-state index contributed by atoms with van der Waals surface area (Å²) in [4.78, 5) is 0.991. The standard InChI is InChI=1S/C9H8Cl2N2OS/c10-7-2-1-6(15-7)8(13-12)5-3-4-14-9(5)11/h1-4,8,13H,12H2. The fraction of sp³-hybridized carbons (Fsp3) is 0.111. The van der Waals surface area contributed by atoms with Crippen LogP contribution in [0.1, 0.15) is 16.5 Å². The van der Waals surface area contributed by atoms with E-state index in [-0.39, 0.29) is 6.04 Å². The lowest BCUT2D eigenvalue weighted by molar-refractivity contribution is 0.556. The Kier molecular flexibility index (Phi) is 3.33. The zero-order valence-electron chi connectivity index (χ0n) is 7.54. The Morgan fingerprint density at radius 2 is 2.13 bits per heavy atom. The lowest BCUT2D eigenvalue weighted by atomic mass is 10.1. The van der Waals surface area contributed by atoms with E-state index in [1.165, 1.54) is 17.6 Å². The van der Waals surface area contributed by atoms with Crippen molar-refractivity contribution >= 4 is 34.5 Å². The maximum atomic E-state index is 5.88. The largest absolute Gasteiger partial charge is 0.453 e. The molecule has 0 fully saturated rings. The van der Waals surface area contributed by atoms with E-state index < -0.39 is 0 Å². The zero-order chi connectivity index (χ0) is 10.8. The average molecular weight is 263 g/mol. The highest BCUT2D eigenvalue weighted by atomic mass is 35.5. The maximum absolute atomic E-state index is 5.88. The van der Waals surface area contributed by atoms with Crippen molar-refractivity contribution in [2.24, 2.45) is 5.84 Å². The molecule has 0 spiro atoms. The van der Waals surface area contributed by atoms with Crippen LogP contribution < -0.4 is 11.3 Å². The molecule has 3 N–H and O–H groups in total. The molecule has 3 nitrogen and oxygen atoms in total. The minimum absolute atomic E-state index is 0.186. The fourth-order valence-corrected chi connectivity index (χ4v) is 2.68. The predicted octanol–water partition coefficient (Wildman–Crippen LogP) is 3.20. The number of halogens is 2. The summed E-state index contributed by atoms with van der Waals surface area (Å²) in [6, 6.07) is 5.31. The number of nitrogens with one attached hydrogen (secondary N) is 1. The van der Waals surface area contributed by atoms with Gasteiger partial charge in [-0.1, -0.05) is 11.6 Å².